The number of rotatable bonds is 7. The molecule has 1 N–H and O–H groups in total. The Labute approximate surface area is 161 Å². The second kappa shape index (κ2) is 8.50. The van der Waals surface area contributed by atoms with E-state index in [-0.39, 0.29) is 23.9 Å². The van der Waals surface area contributed by atoms with E-state index in [0.29, 0.717) is 23.1 Å². The minimum absolute atomic E-state index is 0.0567. The molecule has 0 unspecified atom stereocenters. The van der Waals surface area contributed by atoms with Gasteiger partial charge in [0.15, 0.2) is 6.61 Å². The van der Waals surface area contributed by atoms with Crippen LogP contribution in [0.4, 0.5) is 5.69 Å². The van der Waals surface area contributed by atoms with Gasteiger partial charge in [-0.05, 0) is 55.5 Å². The number of nitrogens with zero attached hydrogens (tertiary/aromatic N) is 2. The first-order valence-electron chi connectivity index (χ1n) is 8.23. The van der Waals surface area contributed by atoms with Crippen LogP contribution < -0.4 is 14.8 Å². The van der Waals surface area contributed by atoms with Crippen molar-refractivity contribution >= 4 is 23.8 Å². The highest BCUT2D eigenvalue weighted by Gasteiger charge is 2.11. The summed E-state index contributed by atoms with van der Waals surface area (Å²) in [5, 5.41) is 6.96. The molecule has 8 heteroatoms. The van der Waals surface area contributed by atoms with E-state index in [1.165, 1.54) is 4.68 Å². The van der Waals surface area contributed by atoms with Crippen molar-refractivity contribution in [2.45, 2.75) is 20.1 Å². The molecule has 0 spiro atoms. The highest BCUT2D eigenvalue weighted by atomic mass is 32.1. The second-order valence-electron chi connectivity index (χ2n) is 5.80. The number of hydrogen-bond acceptors (Lipinski definition) is 6. The molecular weight excluding hydrogens is 366 g/mol. The average molecular weight is 385 g/mol. The minimum Gasteiger partial charge on any atom is -0.497 e. The Morgan fingerprint density at radius 3 is 2.48 bits per heavy atom. The number of aromatic nitrogens is 2. The third-order valence-corrected chi connectivity index (χ3v) is 3.99. The maximum Gasteiger partial charge on any atom is 0.287 e. The number of benzene rings is 2. The van der Waals surface area contributed by atoms with Crippen LogP contribution in [-0.4, -0.2) is 22.8 Å². The van der Waals surface area contributed by atoms with Crippen molar-refractivity contribution in [3.05, 3.63) is 64.8 Å². The normalized spacial score (nSPS) is 10.4. The molecule has 1 amide bonds. The van der Waals surface area contributed by atoms with Crippen molar-refractivity contribution in [2.24, 2.45) is 0 Å². The molecule has 1 aromatic heterocycles. The largest absolute Gasteiger partial charge is 0.497 e. The van der Waals surface area contributed by atoms with Gasteiger partial charge in [-0.3, -0.25) is 4.79 Å². The number of nitrogens with one attached hydrogen (secondary N) is 1. The van der Waals surface area contributed by atoms with Crippen molar-refractivity contribution in [1.29, 1.82) is 0 Å². The second-order valence-corrected chi connectivity index (χ2v) is 6.15. The van der Waals surface area contributed by atoms with Crippen LogP contribution in [0.1, 0.15) is 11.5 Å². The van der Waals surface area contributed by atoms with Gasteiger partial charge in [-0.15, -0.1) is 5.10 Å². The lowest BCUT2D eigenvalue weighted by Crippen LogP contribution is -2.19. The minimum atomic E-state index is -0.268. The quantitative estimate of drug-likeness (QED) is 0.624. The lowest BCUT2D eigenvalue weighted by atomic mass is 10.2. The Morgan fingerprint density at radius 2 is 1.81 bits per heavy atom. The van der Waals surface area contributed by atoms with Crippen LogP contribution in [0.2, 0.25) is 0 Å². The van der Waals surface area contributed by atoms with E-state index in [9.17, 15) is 4.79 Å². The predicted octanol–water partition coefficient (Wildman–Crippen LogP) is 3.74. The molecule has 1 heterocycles. The number of carbonyl (C=O) groups excluding carboxylic acids is 1. The summed E-state index contributed by atoms with van der Waals surface area (Å²) >= 11 is 5.12. The fraction of sp³-hybridized carbons (Fsp3) is 0.211. The average Bonchev–Trinajstić information content (AvgIpc) is 3.01. The van der Waals surface area contributed by atoms with Gasteiger partial charge in [0.2, 0.25) is 5.91 Å². The maximum absolute atomic E-state index is 12.2. The number of anilines is 1. The molecule has 0 aliphatic rings. The number of ether oxygens (including phenoxy) is 2. The monoisotopic (exact) mass is 385 g/mol. The summed E-state index contributed by atoms with van der Waals surface area (Å²) in [6.45, 7) is 2.07. The molecule has 3 aromatic rings. The topological polar surface area (TPSA) is 78.5 Å². The molecule has 0 saturated carbocycles. The Balaban J connectivity index is 1.57. The van der Waals surface area contributed by atoms with Gasteiger partial charge in [-0.2, -0.15) is 0 Å². The Morgan fingerprint density at radius 1 is 1.15 bits per heavy atom. The van der Waals surface area contributed by atoms with Crippen LogP contribution in [0.3, 0.4) is 0 Å². The van der Waals surface area contributed by atoms with Crippen molar-refractivity contribution in [3.8, 4) is 11.5 Å². The fourth-order valence-electron chi connectivity index (χ4n) is 2.30. The Bertz CT molecular complexity index is 962. The van der Waals surface area contributed by atoms with Crippen molar-refractivity contribution in [1.82, 2.24) is 9.78 Å². The van der Waals surface area contributed by atoms with Crippen molar-refractivity contribution in [3.63, 3.8) is 0 Å². The molecule has 0 atom stereocenters. The zero-order chi connectivity index (χ0) is 19.2. The first kappa shape index (κ1) is 18.7. The summed E-state index contributed by atoms with van der Waals surface area (Å²) in [7, 11) is 1.58. The van der Waals surface area contributed by atoms with E-state index in [1.54, 1.807) is 31.4 Å². The molecule has 27 heavy (non-hydrogen) atoms. The van der Waals surface area contributed by atoms with Crippen LogP contribution in [0.25, 0.3) is 0 Å². The van der Waals surface area contributed by atoms with Gasteiger partial charge in [0.25, 0.3) is 10.7 Å². The van der Waals surface area contributed by atoms with Gasteiger partial charge in [-0.25, -0.2) is 4.68 Å². The van der Waals surface area contributed by atoms with E-state index in [1.807, 2.05) is 31.2 Å². The van der Waals surface area contributed by atoms with E-state index in [4.69, 9.17) is 26.1 Å². The molecule has 3 rings (SSSR count). The SMILES string of the molecule is COc1ccc(NC(=O)Cn2nc(COc3ccc(C)cc3)oc2=S)cc1. The Hall–Kier alpha value is -3.13. The first-order chi connectivity index (χ1) is 13.0. The number of hydrogen-bond donors (Lipinski definition) is 1. The van der Waals surface area contributed by atoms with Crippen LogP contribution in [-0.2, 0) is 17.9 Å². The van der Waals surface area contributed by atoms with Gasteiger partial charge in [0.1, 0.15) is 18.0 Å². The number of aryl methyl sites for hydroxylation is 1. The molecule has 2 aromatic carbocycles. The van der Waals surface area contributed by atoms with Crippen molar-refractivity contribution in [2.75, 3.05) is 12.4 Å². The molecule has 140 valence electrons. The molecule has 0 aliphatic carbocycles. The number of methoxy groups -OCH3 is 1. The van der Waals surface area contributed by atoms with Crippen LogP contribution in [0, 0.1) is 11.8 Å². The number of carbonyl (C=O) groups is 1. The van der Waals surface area contributed by atoms with E-state index in [2.05, 4.69) is 10.4 Å². The fourth-order valence-corrected chi connectivity index (χ4v) is 2.50. The zero-order valence-electron chi connectivity index (χ0n) is 15.0. The van der Waals surface area contributed by atoms with E-state index >= 15 is 0 Å². The third kappa shape index (κ3) is 5.18. The maximum atomic E-state index is 12.2. The van der Waals surface area contributed by atoms with Gasteiger partial charge >= 0.3 is 0 Å². The molecule has 0 bridgehead atoms. The summed E-state index contributed by atoms with van der Waals surface area (Å²) in [6, 6.07) is 14.7. The van der Waals surface area contributed by atoms with Gasteiger partial charge in [-0.1, -0.05) is 17.7 Å². The zero-order valence-corrected chi connectivity index (χ0v) is 15.8. The lowest BCUT2D eigenvalue weighted by molar-refractivity contribution is -0.117. The van der Waals surface area contributed by atoms with Gasteiger partial charge in [0.05, 0.1) is 7.11 Å². The highest BCUT2D eigenvalue weighted by molar-refractivity contribution is 7.71. The summed E-state index contributed by atoms with van der Waals surface area (Å²) in [6.07, 6.45) is 0. The number of amides is 1. The predicted molar refractivity (Wildman–Crippen MR) is 102 cm³/mol. The van der Waals surface area contributed by atoms with Crippen molar-refractivity contribution < 1.29 is 18.7 Å². The molecule has 7 nitrogen and oxygen atoms in total. The third-order valence-electron chi connectivity index (χ3n) is 3.70. The van der Waals surface area contributed by atoms with Gasteiger partial charge in [0, 0.05) is 5.69 Å². The molecule has 0 radical (unpaired) electrons. The summed E-state index contributed by atoms with van der Waals surface area (Å²) < 4.78 is 17.4. The molecule has 0 aliphatic heterocycles. The highest BCUT2D eigenvalue weighted by Crippen LogP contribution is 2.15. The molecular formula is C19H19N3O4S. The summed E-state index contributed by atoms with van der Waals surface area (Å²) in [5.41, 5.74) is 1.80. The van der Waals surface area contributed by atoms with Crippen LogP contribution >= 0.6 is 12.2 Å². The first-order valence-corrected chi connectivity index (χ1v) is 8.64. The van der Waals surface area contributed by atoms with E-state index in [0.717, 1.165) is 5.56 Å². The summed E-state index contributed by atoms with van der Waals surface area (Å²) in [5.74, 6) is 1.45. The summed E-state index contributed by atoms with van der Waals surface area (Å²) in [4.78, 5) is 12.3. The van der Waals surface area contributed by atoms with E-state index < -0.39 is 0 Å². The standard InChI is InChI=1S/C19H19N3O4S/c1-13-3-7-16(8-4-13)25-12-18-21-22(19(27)26-18)11-17(23)20-14-5-9-15(24-2)10-6-14/h3-10H,11-12H2,1-2H3,(H,20,23). The smallest absolute Gasteiger partial charge is 0.287 e. The van der Waals surface area contributed by atoms with Crippen LogP contribution in [0.5, 0.6) is 11.5 Å². The Kier molecular flexibility index (Phi) is 5.87. The molecule has 0 saturated heterocycles. The van der Waals surface area contributed by atoms with Crippen LogP contribution in [0.15, 0.2) is 52.9 Å². The molecule has 0 fully saturated rings. The lowest BCUT2D eigenvalue weighted by Gasteiger charge is -2.06. The van der Waals surface area contributed by atoms with Gasteiger partial charge < -0.3 is 19.2 Å².